The lowest BCUT2D eigenvalue weighted by Crippen LogP contribution is -2.44. The topological polar surface area (TPSA) is 49.3 Å². The van der Waals surface area contributed by atoms with Crippen LogP contribution in [-0.2, 0) is 0 Å². The van der Waals surface area contributed by atoms with E-state index in [1.807, 2.05) is 13.0 Å². The molecule has 3 atom stereocenters. The summed E-state index contributed by atoms with van der Waals surface area (Å²) in [5.41, 5.74) is 0. The zero-order chi connectivity index (χ0) is 10.6. The van der Waals surface area contributed by atoms with Crippen molar-refractivity contribution in [1.82, 2.24) is 5.32 Å². The molecule has 2 N–H and O–H groups in total. The maximum absolute atomic E-state index is 10.6. The summed E-state index contributed by atoms with van der Waals surface area (Å²) in [6, 6.07) is 0.0966. The highest BCUT2D eigenvalue weighted by atomic mass is 127. The summed E-state index contributed by atoms with van der Waals surface area (Å²) < 4.78 is 0.550. The number of amides is 1. The highest BCUT2D eigenvalue weighted by molar-refractivity contribution is 14.1. The zero-order valence-electron chi connectivity index (χ0n) is 8.24. The number of halogens is 1. The van der Waals surface area contributed by atoms with Crippen LogP contribution in [-0.4, -0.2) is 21.2 Å². The van der Waals surface area contributed by atoms with Gasteiger partial charge in [-0.15, -0.1) is 0 Å². The monoisotopic (exact) mass is 309 g/mol. The largest absolute Gasteiger partial charge is 0.465 e. The van der Waals surface area contributed by atoms with Crippen molar-refractivity contribution in [3.8, 4) is 0 Å². The van der Waals surface area contributed by atoms with Gasteiger partial charge < -0.3 is 10.4 Å². The van der Waals surface area contributed by atoms with Crippen LogP contribution in [0.3, 0.4) is 0 Å². The third-order valence-electron chi connectivity index (χ3n) is 2.60. The minimum absolute atomic E-state index is 0.0966. The van der Waals surface area contributed by atoms with E-state index < -0.39 is 6.09 Å². The molecule has 4 heteroatoms. The van der Waals surface area contributed by atoms with Gasteiger partial charge in [0.2, 0.25) is 0 Å². The average molecular weight is 309 g/mol. The summed E-state index contributed by atoms with van der Waals surface area (Å²) in [6.07, 6.45) is 6.49. The van der Waals surface area contributed by atoms with E-state index in [1.54, 1.807) is 0 Å². The first-order valence-electron chi connectivity index (χ1n) is 4.91. The molecule has 0 aromatic carbocycles. The Balaban J connectivity index is 2.64. The van der Waals surface area contributed by atoms with Crippen molar-refractivity contribution in [3.05, 3.63) is 12.2 Å². The number of carbonyl (C=O) groups is 1. The number of carboxylic acid groups (broad SMARTS) is 1. The molecule has 0 saturated heterocycles. The van der Waals surface area contributed by atoms with E-state index in [4.69, 9.17) is 5.11 Å². The third-order valence-corrected chi connectivity index (χ3v) is 4.05. The molecule has 0 aromatic heterocycles. The Kier molecular flexibility index (Phi) is 4.71. The van der Waals surface area contributed by atoms with Gasteiger partial charge in [-0.2, -0.15) is 0 Å². The number of alkyl halides is 1. The van der Waals surface area contributed by atoms with Crippen molar-refractivity contribution >= 4 is 28.7 Å². The second-order valence-corrected chi connectivity index (χ2v) is 5.21. The smallest absolute Gasteiger partial charge is 0.404 e. The van der Waals surface area contributed by atoms with E-state index in [-0.39, 0.29) is 6.04 Å². The van der Waals surface area contributed by atoms with E-state index in [0.717, 1.165) is 12.8 Å². The molecule has 3 nitrogen and oxygen atoms in total. The molecule has 1 rings (SSSR count). The molecule has 0 radical (unpaired) electrons. The minimum Gasteiger partial charge on any atom is -0.465 e. The van der Waals surface area contributed by atoms with Crippen LogP contribution in [0, 0.1) is 5.92 Å². The van der Waals surface area contributed by atoms with Crippen LogP contribution in [0.1, 0.15) is 26.2 Å². The summed E-state index contributed by atoms with van der Waals surface area (Å²) >= 11 is 2.42. The van der Waals surface area contributed by atoms with E-state index in [1.165, 1.54) is 6.42 Å². The lowest BCUT2D eigenvalue weighted by molar-refractivity contribution is 0.182. The Labute approximate surface area is 98.1 Å². The van der Waals surface area contributed by atoms with Crippen LogP contribution >= 0.6 is 22.6 Å². The van der Waals surface area contributed by atoms with Gasteiger partial charge in [0.25, 0.3) is 0 Å². The standard InChI is InChI=1S/C10H16INO2/c1-2-4-7-8(11)5-3-6-9(7)12-10(13)14/h2,4,7-9,12H,3,5-6H2,1H3,(H,13,14). The summed E-state index contributed by atoms with van der Waals surface area (Å²) in [4.78, 5) is 10.6. The van der Waals surface area contributed by atoms with Crippen molar-refractivity contribution in [3.63, 3.8) is 0 Å². The van der Waals surface area contributed by atoms with Crippen LogP contribution < -0.4 is 5.32 Å². The van der Waals surface area contributed by atoms with Gasteiger partial charge in [-0.1, -0.05) is 41.2 Å². The number of allylic oxidation sites excluding steroid dienone is 1. The maximum atomic E-state index is 10.6. The molecule has 1 aliphatic carbocycles. The quantitative estimate of drug-likeness (QED) is 0.468. The number of rotatable bonds is 2. The van der Waals surface area contributed by atoms with Gasteiger partial charge in [-0.25, -0.2) is 4.79 Å². The predicted molar refractivity (Wildman–Crippen MR) is 64.9 cm³/mol. The minimum atomic E-state index is -0.907. The Morgan fingerprint density at radius 3 is 2.86 bits per heavy atom. The zero-order valence-corrected chi connectivity index (χ0v) is 10.4. The lowest BCUT2D eigenvalue weighted by atomic mass is 9.84. The van der Waals surface area contributed by atoms with Crippen LogP contribution in [0.4, 0.5) is 4.79 Å². The van der Waals surface area contributed by atoms with Gasteiger partial charge in [0, 0.05) is 15.9 Å². The molecule has 0 bridgehead atoms. The second kappa shape index (κ2) is 5.58. The summed E-state index contributed by atoms with van der Waals surface area (Å²) in [7, 11) is 0. The highest BCUT2D eigenvalue weighted by Crippen LogP contribution is 2.31. The SMILES string of the molecule is CC=CC1C(I)CCCC1NC(=O)O. The van der Waals surface area contributed by atoms with Gasteiger partial charge in [-0.05, 0) is 19.8 Å². The Bertz CT molecular complexity index is 230. The van der Waals surface area contributed by atoms with Gasteiger partial charge in [0.1, 0.15) is 0 Å². The third kappa shape index (κ3) is 3.15. The highest BCUT2D eigenvalue weighted by Gasteiger charge is 2.30. The predicted octanol–water partition coefficient (Wildman–Crippen LogP) is 2.80. The molecule has 1 aliphatic rings. The lowest BCUT2D eigenvalue weighted by Gasteiger charge is -2.33. The Morgan fingerprint density at radius 1 is 1.57 bits per heavy atom. The van der Waals surface area contributed by atoms with Crippen molar-refractivity contribution in [2.24, 2.45) is 5.92 Å². The van der Waals surface area contributed by atoms with Gasteiger partial charge in [0.15, 0.2) is 0 Å². The molecular weight excluding hydrogens is 293 g/mol. The Hall–Kier alpha value is -0.260. The van der Waals surface area contributed by atoms with E-state index in [0.29, 0.717) is 9.84 Å². The molecule has 0 aromatic rings. The molecule has 0 aliphatic heterocycles. The van der Waals surface area contributed by atoms with Crippen molar-refractivity contribution in [2.45, 2.75) is 36.2 Å². The van der Waals surface area contributed by atoms with Crippen molar-refractivity contribution in [2.75, 3.05) is 0 Å². The van der Waals surface area contributed by atoms with Gasteiger partial charge in [-0.3, -0.25) is 0 Å². The van der Waals surface area contributed by atoms with Crippen LogP contribution in [0.5, 0.6) is 0 Å². The fourth-order valence-electron chi connectivity index (χ4n) is 1.97. The van der Waals surface area contributed by atoms with E-state index >= 15 is 0 Å². The first-order valence-corrected chi connectivity index (χ1v) is 6.16. The van der Waals surface area contributed by atoms with Crippen LogP contribution in [0.15, 0.2) is 12.2 Å². The molecule has 3 unspecified atom stereocenters. The number of hydrogen-bond acceptors (Lipinski definition) is 1. The van der Waals surface area contributed by atoms with Gasteiger partial charge in [0.05, 0.1) is 0 Å². The number of nitrogens with one attached hydrogen (secondary N) is 1. The normalized spacial score (nSPS) is 33.1. The van der Waals surface area contributed by atoms with Crippen molar-refractivity contribution < 1.29 is 9.90 Å². The first kappa shape index (κ1) is 11.8. The fraction of sp³-hybridized carbons (Fsp3) is 0.700. The molecule has 80 valence electrons. The molecule has 1 fully saturated rings. The Morgan fingerprint density at radius 2 is 2.29 bits per heavy atom. The molecule has 1 amide bonds. The molecule has 0 spiro atoms. The molecule has 1 saturated carbocycles. The molecular formula is C10H16INO2. The van der Waals surface area contributed by atoms with E-state index in [2.05, 4.69) is 34.0 Å². The van der Waals surface area contributed by atoms with Gasteiger partial charge >= 0.3 is 6.09 Å². The first-order chi connectivity index (χ1) is 6.65. The summed E-state index contributed by atoms with van der Waals surface area (Å²) in [6.45, 7) is 1.98. The second-order valence-electron chi connectivity index (χ2n) is 3.61. The molecule has 14 heavy (non-hydrogen) atoms. The van der Waals surface area contributed by atoms with Crippen LogP contribution in [0.25, 0.3) is 0 Å². The summed E-state index contributed by atoms with van der Waals surface area (Å²) in [5.74, 6) is 0.352. The average Bonchev–Trinajstić information content (AvgIpc) is 2.10. The number of hydrogen-bond donors (Lipinski definition) is 2. The van der Waals surface area contributed by atoms with Crippen molar-refractivity contribution in [1.29, 1.82) is 0 Å². The maximum Gasteiger partial charge on any atom is 0.404 e. The molecule has 0 heterocycles. The van der Waals surface area contributed by atoms with E-state index in [9.17, 15) is 4.79 Å². The van der Waals surface area contributed by atoms with Crippen LogP contribution in [0.2, 0.25) is 0 Å². The fourth-order valence-corrected chi connectivity index (χ4v) is 3.15. The summed E-state index contributed by atoms with van der Waals surface area (Å²) in [5, 5.41) is 11.3.